The quantitative estimate of drug-likeness (QED) is 0.651. The van der Waals surface area contributed by atoms with Gasteiger partial charge in [0.15, 0.2) is 5.82 Å². The molecule has 2 heterocycles. The summed E-state index contributed by atoms with van der Waals surface area (Å²) in [6, 6.07) is 8.53. The lowest BCUT2D eigenvalue weighted by atomic mass is 9.96. The van der Waals surface area contributed by atoms with E-state index in [2.05, 4.69) is 74.0 Å². The molecule has 0 atom stereocenters. The highest BCUT2D eigenvalue weighted by molar-refractivity contribution is 5.79. The summed E-state index contributed by atoms with van der Waals surface area (Å²) < 4.78 is 0. The molecule has 1 saturated heterocycles. The van der Waals surface area contributed by atoms with Crippen molar-refractivity contribution in [3.63, 3.8) is 0 Å². The molecular formula is C25H36N4O. The Morgan fingerprint density at radius 2 is 1.53 bits per heavy atom. The highest BCUT2D eigenvalue weighted by Crippen LogP contribution is 2.26. The van der Waals surface area contributed by atoms with Crippen molar-refractivity contribution in [2.75, 3.05) is 31.1 Å². The van der Waals surface area contributed by atoms with Crippen LogP contribution in [-0.2, 0) is 4.79 Å². The minimum absolute atomic E-state index is 0.187. The van der Waals surface area contributed by atoms with E-state index in [1.165, 1.54) is 16.7 Å². The summed E-state index contributed by atoms with van der Waals surface area (Å²) >= 11 is 0. The summed E-state index contributed by atoms with van der Waals surface area (Å²) in [6.07, 6.45) is 4.13. The first-order valence-corrected chi connectivity index (χ1v) is 11.4. The van der Waals surface area contributed by atoms with Crippen molar-refractivity contribution in [1.29, 1.82) is 0 Å². The molecule has 2 aromatic rings. The predicted molar refractivity (Wildman–Crippen MR) is 124 cm³/mol. The van der Waals surface area contributed by atoms with Gasteiger partial charge in [0.2, 0.25) is 5.91 Å². The molecule has 5 nitrogen and oxygen atoms in total. The van der Waals surface area contributed by atoms with Gasteiger partial charge in [-0.25, -0.2) is 0 Å². The highest BCUT2D eigenvalue weighted by Gasteiger charge is 2.27. The van der Waals surface area contributed by atoms with Gasteiger partial charge in [0, 0.05) is 37.7 Å². The summed E-state index contributed by atoms with van der Waals surface area (Å²) in [6.45, 7) is 13.9. The first kappa shape index (κ1) is 22.3. The number of hydrogen-bond acceptors (Lipinski definition) is 4. The molecule has 1 amide bonds. The van der Waals surface area contributed by atoms with E-state index in [-0.39, 0.29) is 5.92 Å². The zero-order valence-corrected chi connectivity index (χ0v) is 19.2. The number of piperazine rings is 1. The lowest BCUT2D eigenvalue weighted by Crippen LogP contribution is -2.50. The van der Waals surface area contributed by atoms with Gasteiger partial charge in [-0.05, 0) is 68.5 Å². The third-order valence-electron chi connectivity index (χ3n) is 6.31. The molecule has 0 radical (unpaired) electrons. The molecule has 0 aliphatic carbocycles. The van der Waals surface area contributed by atoms with Crippen molar-refractivity contribution in [3.8, 4) is 11.3 Å². The van der Waals surface area contributed by atoms with Crippen molar-refractivity contribution < 1.29 is 4.79 Å². The van der Waals surface area contributed by atoms with Gasteiger partial charge in [0.05, 0.1) is 5.69 Å². The number of nitrogens with zero attached hydrogens (tertiary/aromatic N) is 4. The van der Waals surface area contributed by atoms with Crippen molar-refractivity contribution in [3.05, 3.63) is 41.0 Å². The zero-order valence-electron chi connectivity index (χ0n) is 19.2. The number of aryl methyl sites for hydroxylation is 3. The summed E-state index contributed by atoms with van der Waals surface area (Å²) in [7, 11) is 0. The molecule has 1 aliphatic rings. The second-order valence-electron chi connectivity index (χ2n) is 8.61. The van der Waals surface area contributed by atoms with E-state index in [4.69, 9.17) is 0 Å². The minimum Gasteiger partial charge on any atom is -0.352 e. The van der Waals surface area contributed by atoms with Crippen LogP contribution < -0.4 is 4.90 Å². The van der Waals surface area contributed by atoms with Gasteiger partial charge < -0.3 is 9.80 Å². The maximum absolute atomic E-state index is 12.9. The van der Waals surface area contributed by atoms with Crippen LogP contribution in [0.3, 0.4) is 0 Å². The number of hydrogen-bond donors (Lipinski definition) is 0. The monoisotopic (exact) mass is 408 g/mol. The van der Waals surface area contributed by atoms with Crippen LogP contribution in [0.2, 0.25) is 0 Å². The average Bonchev–Trinajstić information content (AvgIpc) is 2.76. The Balaban J connectivity index is 1.64. The average molecular weight is 409 g/mol. The van der Waals surface area contributed by atoms with Crippen molar-refractivity contribution in [2.24, 2.45) is 5.92 Å². The summed E-state index contributed by atoms with van der Waals surface area (Å²) in [4.78, 5) is 17.2. The number of aromatic nitrogens is 2. The van der Waals surface area contributed by atoms with Crippen LogP contribution >= 0.6 is 0 Å². The van der Waals surface area contributed by atoms with Crippen LogP contribution in [0.1, 0.15) is 56.2 Å². The second kappa shape index (κ2) is 10.1. The van der Waals surface area contributed by atoms with Crippen LogP contribution in [0.5, 0.6) is 0 Å². The van der Waals surface area contributed by atoms with Crippen LogP contribution in [0.15, 0.2) is 24.3 Å². The second-order valence-corrected chi connectivity index (χ2v) is 8.61. The predicted octanol–water partition coefficient (Wildman–Crippen LogP) is 4.93. The fourth-order valence-electron chi connectivity index (χ4n) is 4.38. The lowest BCUT2D eigenvalue weighted by Gasteiger charge is -2.36. The van der Waals surface area contributed by atoms with Gasteiger partial charge in [-0.1, -0.05) is 32.8 Å². The smallest absolute Gasteiger partial charge is 0.225 e. The Labute approximate surface area is 181 Å². The van der Waals surface area contributed by atoms with E-state index < -0.39 is 0 Å². The SMILES string of the molecule is CCCC(CCC)C(=O)N1CCN(c2ccc(-c3cc(C)c(C)cc3C)nn2)CC1. The molecule has 1 aromatic carbocycles. The van der Waals surface area contributed by atoms with Crippen LogP contribution in [0.4, 0.5) is 5.82 Å². The lowest BCUT2D eigenvalue weighted by molar-refractivity contribution is -0.136. The molecule has 0 N–H and O–H groups in total. The van der Waals surface area contributed by atoms with Gasteiger partial charge in [-0.2, -0.15) is 0 Å². The van der Waals surface area contributed by atoms with E-state index in [9.17, 15) is 4.79 Å². The maximum atomic E-state index is 12.9. The Kier molecular flexibility index (Phi) is 7.46. The maximum Gasteiger partial charge on any atom is 0.225 e. The Hall–Kier alpha value is -2.43. The van der Waals surface area contributed by atoms with E-state index in [0.717, 1.165) is 68.9 Å². The number of carbonyl (C=O) groups excluding carboxylic acids is 1. The highest BCUT2D eigenvalue weighted by atomic mass is 16.2. The Morgan fingerprint density at radius 1 is 0.900 bits per heavy atom. The molecule has 3 rings (SSSR count). The molecule has 0 spiro atoms. The van der Waals surface area contributed by atoms with Gasteiger partial charge in [-0.15, -0.1) is 10.2 Å². The molecule has 0 unspecified atom stereocenters. The third-order valence-corrected chi connectivity index (χ3v) is 6.31. The van der Waals surface area contributed by atoms with Crippen molar-refractivity contribution in [1.82, 2.24) is 15.1 Å². The largest absolute Gasteiger partial charge is 0.352 e. The topological polar surface area (TPSA) is 49.3 Å². The molecule has 5 heteroatoms. The number of benzene rings is 1. The standard InChI is InChI=1S/C25H36N4O/c1-6-8-21(9-7-2)25(30)29-14-12-28(13-15-29)24-11-10-23(26-27-24)22-17-19(4)18(3)16-20(22)5/h10-11,16-17,21H,6-9,12-15H2,1-5H3. The third kappa shape index (κ3) is 5.00. The Bertz CT molecular complexity index is 848. The molecule has 1 fully saturated rings. The van der Waals surface area contributed by atoms with E-state index in [1.54, 1.807) is 0 Å². The fraction of sp³-hybridized carbons (Fsp3) is 0.560. The molecule has 1 aromatic heterocycles. The number of anilines is 1. The van der Waals surface area contributed by atoms with E-state index >= 15 is 0 Å². The van der Waals surface area contributed by atoms with Gasteiger partial charge in [0.1, 0.15) is 0 Å². The van der Waals surface area contributed by atoms with Crippen LogP contribution in [-0.4, -0.2) is 47.2 Å². The molecule has 0 bridgehead atoms. The Morgan fingerprint density at radius 3 is 2.10 bits per heavy atom. The summed E-state index contributed by atoms with van der Waals surface area (Å²) in [5.41, 5.74) is 5.85. The van der Waals surface area contributed by atoms with Gasteiger partial charge >= 0.3 is 0 Å². The normalized spacial score (nSPS) is 14.5. The number of amides is 1. The van der Waals surface area contributed by atoms with Gasteiger partial charge in [-0.3, -0.25) is 4.79 Å². The van der Waals surface area contributed by atoms with E-state index in [1.807, 2.05) is 4.90 Å². The fourth-order valence-corrected chi connectivity index (χ4v) is 4.38. The molecule has 30 heavy (non-hydrogen) atoms. The van der Waals surface area contributed by atoms with Crippen LogP contribution in [0, 0.1) is 26.7 Å². The first-order chi connectivity index (χ1) is 14.4. The molecular weight excluding hydrogens is 372 g/mol. The molecule has 1 aliphatic heterocycles. The van der Waals surface area contributed by atoms with Crippen molar-refractivity contribution in [2.45, 2.75) is 60.3 Å². The minimum atomic E-state index is 0.187. The number of carbonyl (C=O) groups is 1. The molecule has 0 saturated carbocycles. The van der Waals surface area contributed by atoms with Crippen LogP contribution in [0.25, 0.3) is 11.3 Å². The van der Waals surface area contributed by atoms with E-state index in [0.29, 0.717) is 5.91 Å². The van der Waals surface area contributed by atoms with Gasteiger partial charge in [0.25, 0.3) is 0 Å². The summed E-state index contributed by atoms with van der Waals surface area (Å²) in [5.74, 6) is 1.42. The number of rotatable bonds is 7. The zero-order chi connectivity index (χ0) is 21.7. The summed E-state index contributed by atoms with van der Waals surface area (Å²) in [5, 5.41) is 9.02. The molecule has 162 valence electrons. The first-order valence-electron chi connectivity index (χ1n) is 11.4. The van der Waals surface area contributed by atoms with Crippen molar-refractivity contribution >= 4 is 11.7 Å².